The van der Waals surface area contributed by atoms with Crippen LogP contribution in [0, 0.1) is 0 Å². The van der Waals surface area contributed by atoms with Crippen LogP contribution in [-0.2, 0) is 14.3 Å². The van der Waals surface area contributed by atoms with E-state index in [2.05, 4.69) is 55.6 Å². The summed E-state index contributed by atoms with van der Waals surface area (Å²) in [6.45, 7) is 4.88. The SMILES string of the molecule is CCCCC/C=C\C/C=C\CCCCCCCCCC(=O)OCCCCCCCCCCC/C=C\CCCCCCCC(=O)NC(CO)C(O)CCCCCCCCCCC. The normalized spacial score (nSPS) is 12.9. The topological polar surface area (TPSA) is 95.9 Å². The van der Waals surface area contributed by atoms with E-state index < -0.39 is 12.1 Å². The van der Waals surface area contributed by atoms with E-state index in [0.29, 0.717) is 25.9 Å². The molecule has 0 radical (unpaired) electrons. The van der Waals surface area contributed by atoms with Gasteiger partial charge in [0.1, 0.15) is 0 Å². The van der Waals surface area contributed by atoms with Gasteiger partial charge in [0.25, 0.3) is 0 Å². The van der Waals surface area contributed by atoms with Gasteiger partial charge in [-0.15, -0.1) is 0 Å². The lowest BCUT2D eigenvalue weighted by Crippen LogP contribution is -2.45. The highest BCUT2D eigenvalue weighted by atomic mass is 16.5. The van der Waals surface area contributed by atoms with Crippen molar-refractivity contribution in [3.05, 3.63) is 36.5 Å². The third-order valence-electron chi connectivity index (χ3n) is 12.2. The number of carbonyl (C=O) groups is 2. The van der Waals surface area contributed by atoms with E-state index in [-0.39, 0.29) is 18.5 Å². The van der Waals surface area contributed by atoms with Crippen molar-refractivity contribution in [3.63, 3.8) is 0 Å². The highest BCUT2D eigenvalue weighted by molar-refractivity contribution is 5.76. The summed E-state index contributed by atoms with van der Waals surface area (Å²) in [5.74, 6) is -0.0582. The van der Waals surface area contributed by atoms with Crippen LogP contribution in [0.15, 0.2) is 36.5 Å². The molecule has 0 aromatic heterocycles. The maximum Gasteiger partial charge on any atom is 0.305 e. The Hall–Kier alpha value is -1.92. The first-order valence-corrected chi connectivity index (χ1v) is 26.7. The zero-order valence-corrected chi connectivity index (χ0v) is 40.6. The third kappa shape index (κ3) is 47.4. The maximum atomic E-state index is 12.4. The van der Waals surface area contributed by atoms with Crippen LogP contribution < -0.4 is 5.32 Å². The Morgan fingerprint density at radius 2 is 0.820 bits per heavy atom. The summed E-state index contributed by atoms with van der Waals surface area (Å²) in [5, 5.41) is 23.1. The lowest BCUT2D eigenvalue weighted by atomic mass is 10.0. The molecule has 358 valence electrons. The van der Waals surface area contributed by atoms with Gasteiger partial charge in [-0.2, -0.15) is 0 Å². The van der Waals surface area contributed by atoms with E-state index in [9.17, 15) is 19.8 Å². The van der Waals surface area contributed by atoms with E-state index >= 15 is 0 Å². The molecular weight excluding hydrogens is 755 g/mol. The Morgan fingerprint density at radius 1 is 0.459 bits per heavy atom. The number of nitrogens with one attached hydrogen (secondary N) is 1. The molecule has 0 aromatic rings. The van der Waals surface area contributed by atoms with Crippen LogP contribution in [0.25, 0.3) is 0 Å². The van der Waals surface area contributed by atoms with E-state index in [1.807, 2.05) is 0 Å². The minimum atomic E-state index is -0.671. The number of ether oxygens (including phenoxy) is 1. The minimum Gasteiger partial charge on any atom is -0.466 e. The van der Waals surface area contributed by atoms with Gasteiger partial charge >= 0.3 is 5.97 Å². The summed E-state index contributed by atoms with van der Waals surface area (Å²) in [6, 6.07) is -0.550. The molecule has 0 saturated heterocycles. The molecule has 6 heteroatoms. The van der Waals surface area contributed by atoms with Crippen molar-refractivity contribution < 1.29 is 24.5 Å². The van der Waals surface area contributed by atoms with Crippen molar-refractivity contribution in [3.8, 4) is 0 Å². The molecule has 0 fully saturated rings. The molecule has 0 aliphatic carbocycles. The van der Waals surface area contributed by atoms with E-state index in [0.717, 1.165) is 70.6 Å². The number of carbonyl (C=O) groups excluding carboxylic acids is 2. The minimum absolute atomic E-state index is 0.00547. The molecule has 0 aliphatic rings. The molecule has 0 saturated carbocycles. The maximum absolute atomic E-state index is 12.4. The van der Waals surface area contributed by atoms with Crippen LogP contribution >= 0.6 is 0 Å². The van der Waals surface area contributed by atoms with Gasteiger partial charge in [-0.05, 0) is 83.5 Å². The van der Waals surface area contributed by atoms with E-state index in [4.69, 9.17) is 4.74 Å². The fourth-order valence-corrected chi connectivity index (χ4v) is 8.02. The smallest absolute Gasteiger partial charge is 0.305 e. The van der Waals surface area contributed by atoms with Gasteiger partial charge in [0.05, 0.1) is 25.4 Å². The molecule has 2 atom stereocenters. The second-order valence-electron chi connectivity index (χ2n) is 18.2. The zero-order chi connectivity index (χ0) is 44.4. The van der Waals surface area contributed by atoms with Crippen LogP contribution in [0.5, 0.6) is 0 Å². The Bertz CT molecular complexity index is 993. The number of hydrogen-bond acceptors (Lipinski definition) is 5. The van der Waals surface area contributed by atoms with E-state index in [1.165, 1.54) is 173 Å². The molecule has 3 N–H and O–H groups in total. The van der Waals surface area contributed by atoms with Crippen molar-refractivity contribution >= 4 is 11.9 Å². The molecule has 0 heterocycles. The molecule has 6 nitrogen and oxygen atoms in total. The first-order valence-electron chi connectivity index (χ1n) is 26.7. The molecule has 0 aliphatic heterocycles. The fourth-order valence-electron chi connectivity index (χ4n) is 8.02. The second-order valence-corrected chi connectivity index (χ2v) is 18.2. The number of esters is 1. The van der Waals surface area contributed by atoms with Gasteiger partial charge in [0.15, 0.2) is 0 Å². The number of rotatable bonds is 49. The number of aliphatic hydroxyl groups excluding tert-OH is 2. The first-order chi connectivity index (χ1) is 30.0. The van der Waals surface area contributed by atoms with E-state index in [1.54, 1.807) is 0 Å². The van der Waals surface area contributed by atoms with Crippen LogP contribution in [0.1, 0.15) is 277 Å². The molecule has 61 heavy (non-hydrogen) atoms. The van der Waals surface area contributed by atoms with Gasteiger partial charge in [-0.25, -0.2) is 0 Å². The van der Waals surface area contributed by atoms with Crippen LogP contribution in [0.3, 0.4) is 0 Å². The molecular formula is C55H103NO5. The van der Waals surface area contributed by atoms with Crippen molar-refractivity contribution in [1.82, 2.24) is 5.32 Å². The van der Waals surface area contributed by atoms with Crippen molar-refractivity contribution in [2.24, 2.45) is 0 Å². The molecule has 1 amide bonds. The molecule has 0 aromatic carbocycles. The average molecular weight is 858 g/mol. The van der Waals surface area contributed by atoms with Gasteiger partial charge in [0, 0.05) is 12.8 Å². The summed E-state index contributed by atoms with van der Waals surface area (Å²) in [7, 11) is 0. The second kappa shape index (κ2) is 50.7. The molecule has 0 spiro atoms. The number of amides is 1. The quantitative estimate of drug-likeness (QED) is 0.0322. The Balaban J connectivity index is 3.42. The van der Waals surface area contributed by atoms with Crippen molar-refractivity contribution in [1.29, 1.82) is 0 Å². The standard InChI is InChI=1S/C55H103NO5/c1-3-5-7-9-11-13-14-15-16-19-23-26-29-33-37-41-45-49-55(60)61-50-46-42-38-34-30-27-24-21-18-17-20-22-25-28-32-36-40-44-48-54(59)56-52(51-57)53(58)47-43-39-35-31-12-10-8-6-4-2/h11,13,15-16,20,22,52-53,57-58H,3-10,12,14,17-19,21,23-51H2,1-2H3,(H,56,59)/b13-11-,16-15-,22-20-. The summed E-state index contributed by atoms with van der Waals surface area (Å²) < 4.78 is 5.47. The summed E-state index contributed by atoms with van der Waals surface area (Å²) >= 11 is 0. The molecule has 0 rings (SSSR count). The van der Waals surface area contributed by atoms with Gasteiger partial charge in [0.2, 0.25) is 5.91 Å². The third-order valence-corrected chi connectivity index (χ3v) is 12.2. The largest absolute Gasteiger partial charge is 0.466 e. The Morgan fingerprint density at radius 3 is 1.30 bits per heavy atom. The fraction of sp³-hybridized carbons (Fsp3) is 0.855. The summed E-state index contributed by atoms with van der Waals surface area (Å²) in [4.78, 5) is 24.4. The highest BCUT2D eigenvalue weighted by Gasteiger charge is 2.20. The monoisotopic (exact) mass is 858 g/mol. The molecule has 2 unspecified atom stereocenters. The van der Waals surface area contributed by atoms with Gasteiger partial charge < -0.3 is 20.3 Å². The predicted molar refractivity (Wildman–Crippen MR) is 264 cm³/mol. The summed E-state index contributed by atoms with van der Waals surface area (Å²) in [5.41, 5.74) is 0. The Labute approximate surface area is 379 Å². The van der Waals surface area contributed by atoms with Gasteiger partial charge in [-0.3, -0.25) is 9.59 Å². The Kier molecular flexibility index (Phi) is 49.1. The lowest BCUT2D eigenvalue weighted by Gasteiger charge is -2.22. The zero-order valence-electron chi connectivity index (χ0n) is 40.6. The average Bonchev–Trinajstić information content (AvgIpc) is 3.26. The number of allylic oxidation sites excluding steroid dienone is 6. The van der Waals surface area contributed by atoms with Crippen molar-refractivity contribution in [2.45, 2.75) is 289 Å². The number of unbranched alkanes of at least 4 members (excludes halogenated alkanes) is 32. The van der Waals surface area contributed by atoms with Gasteiger partial charge in [-0.1, -0.05) is 217 Å². The van der Waals surface area contributed by atoms with Crippen LogP contribution in [0.2, 0.25) is 0 Å². The van der Waals surface area contributed by atoms with Crippen LogP contribution in [-0.4, -0.2) is 47.4 Å². The highest BCUT2D eigenvalue weighted by Crippen LogP contribution is 2.15. The van der Waals surface area contributed by atoms with Crippen LogP contribution in [0.4, 0.5) is 0 Å². The predicted octanol–water partition coefficient (Wildman–Crippen LogP) is 16.1. The summed E-state index contributed by atoms with van der Waals surface area (Å²) in [6.07, 6.45) is 61.3. The number of hydrogen-bond donors (Lipinski definition) is 3. The molecule has 0 bridgehead atoms. The number of aliphatic hydroxyl groups is 2. The van der Waals surface area contributed by atoms with Crippen molar-refractivity contribution in [2.75, 3.05) is 13.2 Å². The first kappa shape index (κ1) is 59.1. The lowest BCUT2D eigenvalue weighted by molar-refractivity contribution is -0.143.